The quantitative estimate of drug-likeness (QED) is 0.748. The molecular formula is C14H17NO2. The van der Waals surface area contributed by atoms with E-state index in [2.05, 4.69) is 10.8 Å². The molecule has 0 heterocycles. The van der Waals surface area contributed by atoms with E-state index in [1.807, 2.05) is 26.0 Å². The van der Waals surface area contributed by atoms with Crippen molar-refractivity contribution in [3.8, 4) is 6.07 Å². The summed E-state index contributed by atoms with van der Waals surface area (Å²) < 4.78 is 4.66. The lowest BCUT2D eigenvalue weighted by molar-refractivity contribution is -0.139. The lowest BCUT2D eigenvalue weighted by Crippen LogP contribution is -2.09. The molecule has 0 unspecified atom stereocenters. The van der Waals surface area contributed by atoms with Gasteiger partial charge in [0.05, 0.1) is 25.2 Å². The van der Waals surface area contributed by atoms with Crippen LogP contribution >= 0.6 is 0 Å². The lowest BCUT2D eigenvalue weighted by atomic mass is 9.92. The van der Waals surface area contributed by atoms with E-state index >= 15 is 0 Å². The summed E-state index contributed by atoms with van der Waals surface area (Å²) in [4.78, 5) is 11.3. The molecule has 0 saturated carbocycles. The molecule has 0 bridgehead atoms. The molecule has 0 aliphatic rings. The second-order valence-electron chi connectivity index (χ2n) is 3.81. The van der Waals surface area contributed by atoms with Crippen LogP contribution in [-0.2, 0) is 28.8 Å². The smallest absolute Gasteiger partial charge is 0.309 e. The van der Waals surface area contributed by atoms with E-state index in [-0.39, 0.29) is 12.4 Å². The fourth-order valence-corrected chi connectivity index (χ4v) is 1.97. The molecule has 0 N–H and O–H groups in total. The second kappa shape index (κ2) is 6.05. The zero-order valence-corrected chi connectivity index (χ0v) is 10.5. The van der Waals surface area contributed by atoms with E-state index in [0.717, 1.165) is 35.1 Å². The number of carbonyl (C=O) groups excluding carboxylic acids is 1. The topological polar surface area (TPSA) is 50.1 Å². The summed E-state index contributed by atoms with van der Waals surface area (Å²) in [7, 11) is 1.37. The van der Waals surface area contributed by atoms with E-state index in [0.29, 0.717) is 0 Å². The zero-order valence-electron chi connectivity index (χ0n) is 10.5. The van der Waals surface area contributed by atoms with E-state index in [4.69, 9.17) is 0 Å². The van der Waals surface area contributed by atoms with Gasteiger partial charge in [-0.15, -0.1) is 0 Å². The van der Waals surface area contributed by atoms with Crippen molar-refractivity contribution < 1.29 is 9.53 Å². The minimum Gasteiger partial charge on any atom is -0.469 e. The highest BCUT2D eigenvalue weighted by Crippen LogP contribution is 2.21. The zero-order chi connectivity index (χ0) is 12.8. The highest BCUT2D eigenvalue weighted by molar-refractivity contribution is 5.73. The summed E-state index contributed by atoms with van der Waals surface area (Å²) in [6.45, 7) is 4.02. The highest BCUT2D eigenvalue weighted by Gasteiger charge is 2.13. The van der Waals surface area contributed by atoms with E-state index in [1.54, 1.807) is 0 Å². The first-order valence-corrected chi connectivity index (χ1v) is 5.78. The largest absolute Gasteiger partial charge is 0.469 e. The maximum absolute atomic E-state index is 11.3. The Hall–Kier alpha value is -1.82. The van der Waals surface area contributed by atoms with Crippen LogP contribution in [0.1, 0.15) is 36.1 Å². The average molecular weight is 231 g/mol. The number of ether oxygens (including phenoxy) is 1. The molecule has 17 heavy (non-hydrogen) atoms. The third-order valence-electron chi connectivity index (χ3n) is 2.90. The van der Waals surface area contributed by atoms with Crippen molar-refractivity contribution >= 4 is 5.97 Å². The molecule has 1 aromatic carbocycles. The first-order chi connectivity index (χ1) is 8.17. The molecular weight excluding hydrogens is 214 g/mol. The second-order valence-corrected chi connectivity index (χ2v) is 3.81. The van der Waals surface area contributed by atoms with Gasteiger partial charge in [0.15, 0.2) is 0 Å². The normalized spacial score (nSPS) is 9.76. The van der Waals surface area contributed by atoms with Gasteiger partial charge in [-0.2, -0.15) is 5.26 Å². The molecule has 0 fully saturated rings. The predicted molar refractivity (Wildman–Crippen MR) is 65.6 cm³/mol. The number of esters is 1. The number of rotatable bonds is 4. The van der Waals surface area contributed by atoms with Gasteiger partial charge >= 0.3 is 5.97 Å². The number of aryl methyl sites for hydroxylation is 1. The Morgan fingerprint density at radius 1 is 1.29 bits per heavy atom. The summed E-state index contributed by atoms with van der Waals surface area (Å²) in [5.41, 5.74) is 3.62. The van der Waals surface area contributed by atoms with Gasteiger partial charge < -0.3 is 4.74 Å². The summed E-state index contributed by atoms with van der Waals surface area (Å²) >= 11 is 0. The third-order valence-corrected chi connectivity index (χ3v) is 2.90. The van der Waals surface area contributed by atoms with Gasteiger partial charge in [0.1, 0.15) is 0 Å². The molecule has 3 nitrogen and oxygen atoms in total. The van der Waals surface area contributed by atoms with Crippen molar-refractivity contribution in [2.75, 3.05) is 7.11 Å². The Balaban J connectivity index is 3.24. The summed E-state index contributed by atoms with van der Waals surface area (Å²) in [5.74, 6) is -0.271. The summed E-state index contributed by atoms with van der Waals surface area (Å²) in [6.07, 6.45) is 1.82. The van der Waals surface area contributed by atoms with Crippen LogP contribution in [0.3, 0.4) is 0 Å². The summed E-state index contributed by atoms with van der Waals surface area (Å²) in [5, 5.41) is 9.21. The maximum Gasteiger partial charge on any atom is 0.309 e. The predicted octanol–water partition coefficient (Wildman–Crippen LogP) is 2.40. The molecule has 0 saturated heterocycles. The van der Waals surface area contributed by atoms with Crippen LogP contribution in [0.15, 0.2) is 12.1 Å². The third kappa shape index (κ3) is 2.85. The van der Waals surface area contributed by atoms with Crippen molar-refractivity contribution in [1.82, 2.24) is 0 Å². The van der Waals surface area contributed by atoms with Crippen LogP contribution in [0.5, 0.6) is 0 Å². The molecule has 0 atom stereocenters. The van der Waals surface area contributed by atoms with Gasteiger partial charge in [0, 0.05) is 0 Å². The van der Waals surface area contributed by atoms with Gasteiger partial charge in [-0.05, 0) is 29.5 Å². The van der Waals surface area contributed by atoms with Crippen LogP contribution in [0.25, 0.3) is 0 Å². The molecule has 0 amide bonds. The van der Waals surface area contributed by atoms with E-state index in [9.17, 15) is 10.1 Å². The lowest BCUT2D eigenvalue weighted by Gasteiger charge is -2.12. The Morgan fingerprint density at radius 2 is 1.94 bits per heavy atom. The van der Waals surface area contributed by atoms with Gasteiger partial charge in [0.2, 0.25) is 0 Å². The molecule has 1 aromatic rings. The monoisotopic (exact) mass is 231 g/mol. The van der Waals surface area contributed by atoms with E-state index < -0.39 is 0 Å². The number of nitrogens with zero attached hydrogens (tertiary/aromatic N) is 1. The van der Waals surface area contributed by atoms with Crippen molar-refractivity contribution in [2.24, 2.45) is 0 Å². The van der Waals surface area contributed by atoms with Gasteiger partial charge in [0.25, 0.3) is 0 Å². The minimum atomic E-state index is -0.271. The fraction of sp³-hybridized carbons (Fsp3) is 0.429. The Labute approximate surface area is 102 Å². The first-order valence-electron chi connectivity index (χ1n) is 5.78. The van der Waals surface area contributed by atoms with E-state index in [1.165, 1.54) is 7.11 Å². The molecule has 0 radical (unpaired) electrons. The van der Waals surface area contributed by atoms with Crippen LogP contribution in [-0.4, -0.2) is 13.1 Å². The Morgan fingerprint density at radius 3 is 2.41 bits per heavy atom. The number of nitriles is 1. The van der Waals surface area contributed by atoms with Crippen LogP contribution in [0.4, 0.5) is 0 Å². The molecule has 1 rings (SSSR count). The van der Waals surface area contributed by atoms with Crippen LogP contribution in [0.2, 0.25) is 0 Å². The van der Waals surface area contributed by atoms with Crippen LogP contribution < -0.4 is 0 Å². The molecule has 0 aliphatic carbocycles. The fourth-order valence-electron chi connectivity index (χ4n) is 1.97. The molecule has 3 heteroatoms. The molecule has 90 valence electrons. The molecule has 0 aromatic heterocycles. The van der Waals surface area contributed by atoms with Gasteiger partial charge in [-0.1, -0.05) is 26.0 Å². The van der Waals surface area contributed by atoms with Crippen molar-refractivity contribution in [1.29, 1.82) is 5.26 Å². The number of hydrogen-bond donors (Lipinski definition) is 0. The number of benzene rings is 1. The Bertz CT molecular complexity index is 458. The summed E-state index contributed by atoms with van der Waals surface area (Å²) in [6, 6.07) is 6.10. The van der Waals surface area contributed by atoms with Crippen molar-refractivity contribution in [3.05, 3.63) is 34.4 Å². The average Bonchev–Trinajstić information content (AvgIpc) is 2.37. The maximum atomic E-state index is 11.3. The van der Waals surface area contributed by atoms with Crippen molar-refractivity contribution in [2.45, 2.75) is 33.1 Å². The standard InChI is InChI=1S/C14H17NO2/c1-4-10-6-7-11(8-14(16)17-3)12(5-2)13(10)9-15/h6-7H,4-5,8H2,1-3H3. The van der Waals surface area contributed by atoms with Crippen LogP contribution in [0, 0.1) is 11.3 Å². The van der Waals surface area contributed by atoms with Gasteiger partial charge in [-0.25, -0.2) is 0 Å². The number of hydrogen-bond acceptors (Lipinski definition) is 3. The van der Waals surface area contributed by atoms with Gasteiger partial charge in [-0.3, -0.25) is 4.79 Å². The Kier molecular flexibility index (Phi) is 4.71. The molecule has 0 aliphatic heterocycles. The number of methoxy groups -OCH3 is 1. The first kappa shape index (κ1) is 13.2. The van der Waals surface area contributed by atoms with Crippen molar-refractivity contribution in [3.63, 3.8) is 0 Å². The molecule has 0 spiro atoms. The minimum absolute atomic E-state index is 0.234. The number of carbonyl (C=O) groups is 1. The SMILES string of the molecule is CCc1ccc(CC(=O)OC)c(CC)c1C#N. The highest BCUT2D eigenvalue weighted by atomic mass is 16.5.